The zero-order valence-corrected chi connectivity index (χ0v) is 52.3. The van der Waals surface area contributed by atoms with Crippen molar-refractivity contribution < 1.29 is 89.4 Å². The maximum atomic E-state index is 13.3. The van der Waals surface area contributed by atoms with Crippen molar-refractivity contribution in [3.05, 3.63) is 36.5 Å². The molecule has 3 heterocycles. The molecule has 0 saturated carbocycles. The van der Waals surface area contributed by atoms with E-state index in [0.29, 0.717) is 6.42 Å². The Morgan fingerprint density at radius 3 is 1.20 bits per heavy atom. The van der Waals surface area contributed by atoms with Crippen LogP contribution in [0.1, 0.15) is 245 Å². The van der Waals surface area contributed by atoms with Gasteiger partial charge in [0.1, 0.15) is 73.2 Å². The Hall–Kier alpha value is -1.99. The summed E-state index contributed by atoms with van der Waals surface area (Å²) < 4.78 is 34.2. The van der Waals surface area contributed by atoms with E-state index in [9.17, 15) is 61.0 Å². The molecule has 3 aliphatic rings. The first-order chi connectivity index (χ1) is 41.3. The number of carbonyl (C=O) groups is 1. The van der Waals surface area contributed by atoms with Crippen LogP contribution < -0.4 is 5.32 Å². The van der Waals surface area contributed by atoms with Crippen molar-refractivity contribution >= 4 is 5.91 Å². The number of ether oxygens (including phenoxy) is 6. The van der Waals surface area contributed by atoms with E-state index in [2.05, 4.69) is 43.5 Å². The number of amides is 1. The van der Waals surface area contributed by atoms with E-state index in [-0.39, 0.29) is 18.9 Å². The summed E-state index contributed by atoms with van der Waals surface area (Å²) in [5.41, 5.74) is 0. The fourth-order valence-corrected chi connectivity index (χ4v) is 11.4. The fraction of sp³-hybridized carbons (Fsp3) is 0.894. The lowest BCUT2D eigenvalue weighted by Gasteiger charge is -2.48. The predicted octanol–water partition coefficient (Wildman–Crippen LogP) is 8.05. The largest absolute Gasteiger partial charge is 0.394 e. The molecule has 17 atom stereocenters. The number of allylic oxidation sites excluding steroid dienone is 5. The van der Waals surface area contributed by atoms with Gasteiger partial charge in [-0.1, -0.05) is 224 Å². The van der Waals surface area contributed by atoms with E-state index in [4.69, 9.17) is 28.4 Å². The highest BCUT2D eigenvalue weighted by atomic mass is 16.8. The summed E-state index contributed by atoms with van der Waals surface area (Å²) >= 11 is 0. The Morgan fingerprint density at radius 2 is 0.776 bits per heavy atom. The average molecular weight is 1220 g/mol. The zero-order chi connectivity index (χ0) is 61.9. The van der Waals surface area contributed by atoms with Crippen molar-refractivity contribution in [2.75, 3.05) is 26.4 Å². The Kier molecular flexibility index (Phi) is 44.4. The summed E-state index contributed by atoms with van der Waals surface area (Å²) in [6.45, 7) is 1.68. The zero-order valence-electron chi connectivity index (χ0n) is 52.3. The van der Waals surface area contributed by atoms with Crippen LogP contribution in [-0.2, 0) is 33.2 Å². The normalized spacial score (nSPS) is 29.2. The number of rotatable bonds is 51. The molecule has 0 spiro atoms. The molecule has 17 unspecified atom stereocenters. The molecule has 85 heavy (non-hydrogen) atoms. The van der Waals surface area contributed by atoms with E-state index >= 15 is 0 Å². The maximum absolute atomic E-state index is 13.3. The highest BCUT2D eigenvalue weighted by Crippen LogP contribution is 2.33. The Labute approximate surface area is 511 Å². The summed E-state index contributed by atoms with van der Waals surface area (Å²) in [5, 5.41) is 120. The van der Waals surface area contributed by atoms with E-state index < -0.39 is 124 Å². The van der Waals surface area contributed by atoms with Gasteiger partial charge in [-0.05, 0) is 51.4 Å². The number of unbranched alkanes of at least 4 members (excludes halogenated alkanes) is 31. The molecular weight excluding hydrogens is 1090 g/mol. The van der Waals surface area contributed by atoms with Crippen LogP contribution in [0.2, 0.25) is 0 Å². The molecule has 19 heteroatoms. The first kappa shape index (κ1) is 77.3. The van der Waals surface area contributed by atoms with Crippen LogP contribution in [0.3, 0.4) is 0 Å². The van der Waals surface area contributed by atoms with E-state index in [1.165, 1.54) is 167 Å². The van der Waals surface area contributed by atoms with Gasteiger partial charge in [0.05, 0.1) is 38.6 Å². The molecule has 1 amide bonds. The Balaban J connectivity index is 1.34. The second kappa shape index (κ2) is 48.8. The molecule has 0 aliphatic carbocycles. The summed E-state index contributed by atoms with van der Waals surface area (Å²) in [6, 6.07) is -0.969. The van der Waals surface area contributed by atoms with E-state index in [1.807, 2.05) is 6.08 Å². The molecule has 19 nitrogen and oxygen atoms in total. The number of nitrogens with one attached hydrogen (secondary N) is 1. The molecule has 0 aromatic rings. The smallest absolute Gasteiger partial charge is 0.220 e. The molecule has 0 radical (unpaired) electrons. The van der Waals surface area contributed by atoms with Gasteiger partial charge in [0.15, 0.2) is 18.9 Å². The molecular formula is C66H121NO18. The van der Waals surface area contributed by atoms with Crippen LogP contribution in [0.4, 0.5) is 0 Å². The number of aliphatic hydroxyl groups is 11. The summed E-state index contributed by atoms with van der Waals surface area (Å²) in [7, 11) is 0. The van der Waals surface area contributed by atoms with Crippen molar-refractivity contribution in [3.8, 4) is 0 Å². The molecule has 3 rings (SSSR count). The topological polar surface area (TPSA) is 307 Å². The third-order valence-electron chi connectivity index (χ3n) is 16.9. The lowest BCUT2D eigenvalue weighted by molar-refractivity contribution is -0.379. The number of carbonyl (C=O) groups excluding carboxylic acids is 1. The number of hydrogen-bond donors (Lipinski definition) is 12. The second-order valence-electron chi connectivity index (χ2n) is 24.3. The first-order valence-electron chi connectivity index (χ1n) is 33.7. The van der Waals surface area contributed by atoms with Gasteiger partial charge < -0.3 is 89.9 Å². The Bertz CT molecular complexity index is 1690. The molecule has 498 valence electrons. The first-order valence-corrected chi connectivity index (χ1v) is 33.7. The molecule has 0 aromatic heterocycles. The average Bonchev–Trinajstić information content (AvgIpc) is 2.29. The summed E-state index contributed by atoms with van der Waals surface area (Å²) in [4.78, 5) is 13.3. The third kappa shape index (κ3) is 31.5. The van der Waals surface area contributed by atoms with Crippen LogP contribution in [0.5, 0.6) is 0 Å². The molecule has 3 saturated heterocycles. The van der Waals surface area contributed by atoms with Gasteiger partial charge in [0.25, 0.3) is 0 Å². The highest BCUT2D eigenvalue weighted by molar-refractivity contribution is 5.76. The van der Waals surface area contributed by atoms with Gasteiger partial charge in [0.2, 0.25) is 5.91 Å². The van der Waals surface area contributed by atoms with Crippen molar-refractivity contribution in [1.29, 1.82) is 0 Å². The number of hydrogen-bond acceptors (Lipinski definition) is 18. The van der Waals surface area contributed by atoms with Crippen molar-refractivity contribution in [2.24, 2.45) is 0 Å². The van der Waals surface area contributed by atoms with Crippen LogP contribution in [0.15, 0.2) is 36.5 Å². The maximum Gasteiger partial charge on any atom is 0.220 e. The number of aliphatic hydroxyl groups excluding tert-OH is 11. The van der Waals surface area contributed by atoms with Gasteiger partial charge in [-0.2, -0.15) is 0 Å². The molecule has 0 bridgehead atoms. The van der Waals surface area contributed by atoms with Gasteiger partial charge in [-0.25, -0.2) is 0 Å². The SMILES string of the molecule is CCCCCCC/C=C\C/C=C\CCCCCCCCCCCCCCCCCCCCCC(=O)NC(COC1OC(CO)C(OC2OC(CO)C(OC3OC(CO)C(O)C(O)C3O)C(O)C2O)C(O)C1O)C(O)/C=C/CCCCCCCCC. The van der Waals surface area contributed by atoms with Crippen LogP contribution in [0, 0.1) is 0 Å². The predicted molar refractivity (Wildman–Crippen MR) is 328 cm³/mol. The standard InChI is InChI=1S/C66H121NO18/c1-3-5-7-9-11-13-14-15-16-17-18-19-20-21-22-23-24-25-26-27-28-29-30-31-32-33-34-36-38-40-42-44-54(72)67-49(50(71)43-41-39-37-35-12-10-8-6-4-2)48-80-64-60(78)57(75)62(52(46-69)82-64)85-66-61(79)58(76)63(53(47-70)83-66)84-65-59(77)56(74)55(73)51(45-68)81-65/h14-15,17-18,41,43,49-53,55-66,68-71,73-79H,3-13,16,19-40,42,44-48H2,1-2H3,(H,67,72)/b15-14-,18-17-,43-41+. The lowest BCUT2D eigenvalue weighted by Crippen LogP contribution is -2.66. The Morgan fingerprint density at radius 1 is 0.424 bits per heavy atom. The van der Waals surface area contributed by atoms with Gasteiger partial charge in [0, 0.05) is 6.42 Å². The van der Waals surface area contributed by atoms with Crippen molar-refractivity contribution in [2.45, 2.75) is 349 Å². The van der Waals surface area contributed by atoms with Gasteiger partial charge >= 0.3 is 0 Å². The summed E-state index contributed by atoms with van der Waals surface area (Å²) in [5.74, 6) is -0.276. The third-order valence-corrected chi connectivity index (χ3v) is 16.9. The van der Waals surface area contributed by atoms with E-state index in [1.54, 1.807) is 6.08 Å². The van der Waals surface area contributed by atoms with Gasteiger partial charge in [-0.15, -0.1) is 0 Å². The second-order valence-corrected chi connectivity index (χ2v) is 24.3. The van der Waals surface area contributed by atoms with Crippen LogP contribution in [0.25, 0.3) is 0 Å². The van der Waals surface area contributed by atoms with Gasteiger partial charge in [-0.3, -0.25) is 4.79 Å². The molecule has 3 fully saturated rings. The minimum Gasteiger partial charge on any atom is -0.394 e. The van der Waals surface area contributed by atoms with Crippen molar-refractivity contribution in [3.63, 3.8) is 0 Å². The van der Waals surface area contributed by atoms with Crippen LogP contribution >= 0.6 is 0 Å². The fourth-order valence-electron chi connectivity index (χ4n) is 11.4. The molecule has 0 aromatic carbocycles. The van der Waals surface area contributed by atoms with E-state index in [0.717, 1.165) is 51.4 Å². The summed E-state index contributed by atoms with van der Waals surface area (Å²) in [6.07, 6.45) is 28.8. The minimum atomic E-state index is -1.98. The quantitative estimate of drug-likeness (QED) is 0.0202. The lowest BCUT2D eigenvalue weighted by atomic mass is 9.96. The molecule has 3 aliphatic heterocycles. The van der Waals surface area contributed by atoms with Crippen LogP contribution in [-0.4, -0.2) is 193 Å². The monoisotopic (exact) mass is 1220 g/mol. The highest BCUT2D eigenvalue weighted by Gasteiger charge is 2.53. The molecule has 12 N–H and O–H groups in total. The van der Waals surface area contributed by atoms with Crippen molar-refractivity contribution in [1.82, 2.24) is 5.32 Å². The minimum absolute atomic E-state index is 0.245.